The van der Waals surface area contributed by atoms with E-state index in [0.717, 1.165) is 44.8 Å². The van der Waals surface area contributed by atoms with Gasteiger partial charge < -0.3 is 10.4 Å². The second kappa shape index (κ2) is 9.75. The average molecular weight is 265 g/mol. The second-order valence-corrected chi connectivity index (χ2v) is 4.79. The van der Waals surface area contributed by atoms with Gasteiger partial charge in [0.25, 0.3) is 0 Å². The SMILES string of the molecule is CCCCN(CCO)Cc1cccnc1NCCC. The number of hydrogen-bond acceptors (Lipinski definition) is 4. The summed E-state index contributed by atoms with van der Waals surface area (Å²) in [6.45, 7) is 8.09. The van der Waals surface area contributed by atoms with E-state index in [9.17, 15) is 0 Å². The maximum Gasteiger partial charge on any atom is 0.130 e. The maximum atomic E-state index is 9.15. The second-order valence-electron chi connectivity index (χ2n) is 4.79. The van der Waals surface area contributed by atoms with E-state index < -0.39 is 0 Å². The van der Waals surface area contributed by atoms with Gasteiger partial charge in [-0.1, -0.05) is 26.3 Å². The van der Waals surface area contributed by atoms with Gasteiger partial charge in [0.2, 0.25) is 0 Å². The summed E-state index contributed by atoms with van der Waals surface area (Å²) in [4.78, 5) is 6.70. The van der Waals surface area contributed by atoms with Crippen molar-refractivity contribution < 1.29 is 5.11 Å². The van der Waals surface area contributed by atoms with E-state index >= 15 is 0 Å². The number of aromatic nitrogens is 1. The first kappa shape index (κ1) is 15.9. The van der Waals surface area contributed by atoms with Crippen LogP contribution in [0.4, 0.5) is 5.82 Å². The lowest BCUT2D eigenvalue weighted by molar-refractivity contribution is 0.188. The van der Waals surface area contributed by atoms with Crippen molar-refractivity contribution in [1.82, 2.24) is 9.88 Å². The Balaban J connectivity index is 2.65. The summed E-state index contributed by atoms with van der Waals surface area (Å²) in [7, 11) is 0. The molecule has 0 aromatic carbocycles. The van der Waals surface area contributed by atoms with Crippen molar-refractivity contribution in [1.29, 1.82) is 0 Å². The van der Waals surface area contributed by atoms with Gasteiger partial charge in [-0.05, 0) is 25.5 Å². The molecule has 1 aromatic heterocycles. The van der Waals surface area contributed by atoms with Crippen molar-refractivity contribution in [2.45, 2.75) is 39.7 Å². The molecule has 0 aliphatic rings. The van der Waals surface area contributed by atoms with E-state index in [0.29, 0.717) is 0 Å². The molecule has 0 radical (unpaired) electrons. The largest absolute Gasteiger partial charge is 0.395 e. The van der Waals surface area contributed by atoms with Crippen molar-refractivity contribution in [2.75, 3.05) is 31.6 Å². The quantitative estimate of drug-likeness (QED) is 0.682. The minimum absolute atomic E-state index is 0.210. The van der Waals surface area contributed by atoms with E-state index in [4.69, 9.17) is 5.11 Å². The van der Waals surface area contributed by atoms with E-state index in [2.05, 4.69) is 35.1 Å². The third kappa shape index (κ3) is 6.03. The Morgan fingerprint density at radius 3 is 2.79 bits per heavy atom. The van der Waals surface area contributed by atoms with Crippen molar-refractivity contribution >= 4 is 5.82 Å². The van der Waals surface area contributed by atoms with Crippen molar-refractivity contribution in [3.8, 4) is 0 Å². The van der Waals surface area contributed by atoms with Gasteiger partial charge >= 0.3 is 0 Å². The van der Waals surface area contributed by atoms with E-state index in [1.54, 1.807) is 0 Å². The fraction of sp³-hybridized carbons (Fsp3) is 0.667. The summed E-state index contributed by atoms with van der Waals surface area (Å²) in [6, 6.07) is 4.09. The number of aliphatic hydroxyl groups is 1. The maximum absolute atomic E-state index is 9.15. The minimum atomic E-state index is 0.210. The minimum Gasteiger partial charge on any atom is -0.395 e. The molecule has 0 aliphatic heterocycles. The van der Waals surface area contributed by atoms with Gasteiger partial charge in [0.15, 0.2) is 0 Å². The lowest BCUT2D eigenvalue weighted by atomic mass is 10.2. The van der Waals surface area contributed by atoms with Crippen molar-refractivity contribution in [3.63, 3.8) is 0 Å². The third-order valence-corrected chi connectivity index (χ3v) is 3.07. The number of pyridine rings is 1. The van der Waals surface area contributed by atoms with Gasteiger partial charge in [0.1, 0.15) is 5.82 Å². The molecule has 0 unspecified atom stereocenters. The summed E-state index contributed by atoms with van der Waals surface area (Å²) >= 11 is 0. The molecule has 108 valence electrons. The van der Waals surface area contributed by atoms with Gasteiger partial charge in [-0.25, -0.2) is 4.98 Å². The standard InChI is InChI=1S/C15H27N3O/c1-3-5-10-18(11-12-19)13-14-7-6-9-17-15(14)16-8-4-2/h6-7,9,19H,3-5,8,10-13H2,1-2H3,(H,16,17). The normalized spacial score (nSPS) is 10.9. The Kier molecular flexibility index (Phi) is 8.18. The molecule has 0 saturated carbocycles. The topological polar surface area (TPSA) is 48.4 Å². The molecule has 0 fully saturated rings. The van der Waals surface area contributed by atoms with Gasteiger partial charge in [-0.3, -0.25) is 4.90 Å². The van der Waals surface area contributed by atoms with Gasteiger partial charge in [0, 0.05) is 31.4 Å². The molecule has 2 N–H and O–H groups in total. The van der Waals surface area contributed by atoms with Crippen molar-refractivity contribution in [3.05, 3.63) is 23.9 Å². The Bertz CT molecular complexity index is 344. The first-order chi connectivity index (χ1) is 9.31. The molecule has 0 saturated heterocycles. The number of nitrogens with zero attached hydrogens (tertiary/aromatic N) is 2. The lowest BCUT2D eigenvalue weighted by Crippen LogP contribution is -2.28. The highest BCUT2D eigenvalue weighted by Crippen LogP contribution is 2.14. The van der Waals surface area contributed by atoms with Crippen LogP contribution in [-0.4, -0.2) is 41.2 Å². The van der Waals surface area contributed by atoms with Crippen LogP contribution in [0.15, 0.2) is 18.3 Å². The molecular formula is C15H27N3O. The summed E-state index contributed by atoms with van der Waals surface area (Å²) in [5, 5.41) is 12.5. The van der Waals surface area contributed by atoms with Crippen LogP contribution in [0.2, 0.25) is 0 Å². The van der Waals surface area contributed by atoms with E-state index in [-0.39, 0.29) is 6.61 Å². The molecule has 0 amide bonds. The number of rotatable bonds is 10. The predicted molar refractivity (Wildman–Crippen MR) is 80.3 cm³/mol. The Morgan fingerprint density at radius 1 is 1.26 bits per heavy atom. The molecule has 1 heterocycles. The zero-order valence-electron chi connectivity index (χ0n) is 12.2. The third-order valence-electron chi connectivity index (χ3n) is 3.07. The van der Waals surface area contributed by atoms with Crippen LogP contribution in [0.1, 0.15) is 38.7 Å². The molecule has 1 aromatic rings. The van der Waals surface area contributed by atoms with Crippen LogP contribution in [0.5, 0.6) is 0 Å². The van der Waals surface area contributed by atoms with Crippen LogP contribution in [0, 0.1) is 0 Å². The molecule has 19 heavy (non-hydrogen) atoms. The monoisotopic (exact) mass is 265 g/mol. The number of nitrogens with one attached hydrogen (secondary N) is 1. The Hall–Kier alpha value is -1.13. The summed E-state index contributed by atoms with van der Waals surface area (Å²) in [5.74, 6) is 0.976. The fourth-order valence-electron chi connectivity index (χ4n) is 2.00. The first-order valence-electron chi connectivity index (χ1n) is 7.32. The van der Waals surface area contributed by atoms with Crippen molar-refractivity contribution in [2.24, 2.45) is 0 Å². The summed E-state index contributed by atoms with van der Waals surface area (Å²) in [5.41, 5.74) is 1.21. The van der Waals surface area contributed by atoms with Crippen LogP contribution >= 0.6 is 0 Å². The van der Waals surface area contributed by atoms with E-state index in [1.807, 2.05) is 12.3 Å². The molecule has 0 aliphatic carbocycles. The number of unbranched alkanes of at least 4 members (excludes halogenated alkanes) is 1. The smallest absolute Gasteiger partial charge is 0.130 e. The predicted octanol–water partition coefficient (Wildman–Crippen LogP) is 2.50. The van der Waals surface area contributed by atoms with Crippen LogP contribution < -0.4 is 5.32 Å². The van der Waals surface area contributed by atoms with Crippen LogP contribution in [-0.2, 0) is 6.54 Å². The zero-order chi connectivity index (χ0) is 13.9. The molecule has 4 nitrogen and oxygen atoms in total. The number of hydrogen-bond donors (Lipinski definition) is 2. The Morgan fingerprint density at radius 2 is 2.11 bits per heavy atom. The highest BCUT2D eigenvalue weighted by atomic mass is 16.3. The van der Waals surface area contributed by atoms with Gasteiger partial charge in [-0.2, -0.15) is 0 Å². The lowest BCUT2D eigenvalue weighted by Gasteiger charge is -2.22. The number of aliphatic hydroxyl groups excluding tert-OH is 1. The summed E-state index contributed by atoms with van der Waals surface area (Å²) < 4.78 is 0. The first-order valence-corrected chi connectivity index (χ1v) is 7.32. The molecule has 0 bridgehead atoms. The Labute approximate surface area is 116 Å². The molecular weight excluding hydrogens is 238 g/mol. The average Bonchev–Trinajstić information content (AvgIpc) is 2.44. The molecule has 1 rings (SSSR count). The molecule has 0 spiro atoms. The van der Waals surface area contributed by atoms with E-state index in [1.165, 1.54) is 12.0 Å². The molecule has 4 heteroatoms. The summed E-state index contributed by atoms with van der Waals surface area (Å²) in [6.07, 6.45) is 5.25. The fourth-order valence-corrected chi connectivity index (χ4v) is 2.00. The van der Waals surface area contributed by atoms with Crippen LogP contribution in [0.3, 0.4) is 0 Å². The highest BCUT2D eigenvalue weighted by Gasteiger charge is 2.09. The van der Waals surface area contributed by atoms with Gasteiger partial charge in [-0.15, -0.1) is 0 Å². The van der Waals surface area contributed by atoms with Gasteiger partial charge in [0.05, 0.1) is 6.61 Å². The highest BCUT2D eigenvalue weighted by molar-refractivity contribution is 5.43. The number of anilines is 1. The zero-order valence-corrected chi connectivity index (χ0v) is 12.2. The van der Waals surface area contributed by atoms with Crippen LogP contribution in [0.25, 0.3) is 0 Å². The molecule has 0 atom stereocenters.